The van der Waals surface area contributed by atoms with Crippen molar-refractivity contribution in [3.05, 3.63) is 66.2 Å². The van der Waals surface area contributed by atoms with Gasteiger partial charge in [-0.25, -0.2) is 0 Å². The maximum atomic E-state index is 11.7. The SMILES string of the molecule is O=C1CN(c2ccccc2)C(c2ccccc2)N1. The van der Waals surface area contributed by atoms with E-state index in [2.05, 4.69) is 10.2 Å². The van der Waals surface area contributed by atoms with Crippen LogP contribution in [-0.4, -0.2) is 12.5 Å². The standard InChI is InChI=1S/C15H14N2O/c18-14-11-17(13-9-5-2-6-10-13)15(16-14)12-7-3-1-4-8-12/h1-10,15H,11H2,(H,16,18). The second kappa shape index (κ2) is 4.53. The number of rotatable bonds is 2. The molecule has 3 heteroatoms. The van der Waals surface area contributed by atoms with Crippen LogP contribution in [0.5, 0.6) is 0 Å². The predicted molar refractivity (Wildman–Crippen MR) is 71.1 cm³/mol. The van der Waals surface area contributed by atoms with Gasteiger partial charge in [-0.3, -0.25) is 4.79 Å². The van der Waals surface area contributed by atoms with E-state index in [0.29, 0.717) is 6.54 Å². The summed E-state index contributed by atoms with van der Waals surface area (Å²) in [6.45, 7) is 0.406. The molecule has 1 amide bonds. The first-order chi connectivity index (χ1) is 8.84. The minimum absolute atomic E-state index is 0.0627. The van der Waals surface area contributed by atoms with Crippen molar-refractivity contribution in [1.82, 2.24) is 5.32 Å². The third-order valence-electron chi connectivity index (χ3n) is 3.13. The number of hydrogen-bond donors (Lipinski definition) is 1. The Morgan fingerprint density at radius 2 is 1.56 bits per heavy atom. The zero-order valence-corrected chi connectivity index (χ0v) is 9.91. The molecule has 0 bridgehead atoms. The summed E-state index contributed by atoms with van der Waals surface area (Å²) in [5, 5.41) is 3.01. The summed E-state index contributed by atoms with van der Waals surface area (Å²) in [4.78, 5) is 13.7. The molecule has 3 nitrogen and oxygen atoms in total. The molecule has 0 aromatic heterocycles. The van der Waals surface area contributed by atoms with Crippen molar-refractivity contribution >= 4 is 11.6 Å². The lowest BCUT2D eigenvalue weighted by Gasteiger charge is -2.25. The van der Waals surface area contributed by atoms with Crippen molar-refractivity contribution in [3.63, 3.8) is 0 Å². The van der Waals surface area contributed by atoms with Gasteiger partial charge in [0.05, 0.1) is 6.54 Å². The summed E-state index contributed by atoms with van der Waals surface area (Å²) in [6, 6.07) is 20.0. The van der Waals surface area contributed by atoms with Crippen molar-refractivity contribution in [3.8, 4) is 0 Å². The molecule has 2 aromatic rings. The molecular formula is C15H14N2O. The van der Waals surface area contributed by atoms with Crippen LogP contribution in [0.3, 0.4) is 0 Å². The van der Waals surface area contributed by atoms with E-state index >= 15 is 0 Å². The summed E-state index contributed by atoms with van der Waals surface area (Å²) in [5.41, 5.74) is 2.16. The van der Waals surface area contributed by atoms with Crippen molar-refractivity contribution in [2.24, 2.45) is 0 Å². The van der Waals surface area contributed by atoms with E-state index in [-0.39, 0.29) is 12.1 Å². The fourth-order valence-corrected chi connectivity index (χ4v) is 2.28. The number of carbonyl (C=O) groups is 1. The van der Waals surface area contributed by atoms with Crippen LogP contribution in [-0.2, 0) is 4.79 Å². The second-order valence-corrected chi connectivity index (χ2v) is 4.34. The first-order valence-electron chi connectivity index (χ1n) is 6.00. The van der Waals surface area contributed by atoms with E-state index in [0.717, 1.165) is 11.3 Å². The molecule has 0 aliphatic carbocycles. The van der Waals surface area contributed by atoms with Crippen LogP contribution < -0.4 is 10.2 Å². The monoisotopic (exact) mass is 238 g/mol. The van der Waals surface area contributed by atoms with Crippen LogP contribution in [0.15, 0.2) is 60.7 Å². The molecule has 0 spiro atoms. The number of amides is 1. The number of benzene rings is 2. The Bertz CT molecular complexity index is 489. The number of hydrogen-bond acceptors (Lipinski definition) is 2. The van der Waals surface area contributed by atoms with Gasteiger partial charge in [0.2, 0.25) is 5.91 Å². The van der Waals surface area contributed by atoms with Gasteiger partial charge in [0.25, 0.3) is 0 Å². The molecule has 0 saturated carbocycles. The van der Waals surface area contributed by atoms with Gasteiger partial charge in [0, 0.05) is 5.69 Å². The van der Waals surface area contributed by atoms with Crippen molar-refractivity contribution in [2.45, 2.75) is 6.17 Å². The normalized spacial score (nSPS) is 18.8. The molecule has 3 rings (SSSR count). The minimum atomic E-state index is -0.0684. The minimum Gasteiger partial charge on any atom is -0.338 e. The summed E-state index contributed by atoms with van der Waals surface area (Å²) in [7, 11) is 0. The smallest absolute Gasteiger partial charge is 0.241 e. The molecule has 1 atom stereocenters. The molecule has 1 heterocycles. The van der Waals surface area contributed by atoms with Gasteiger partial charge in [0.15, 0.2) is 0 Å². The molecular weight excluding hydrogens is 224 g/mol. The number of nitrogens with zero attached hydrogens (tertiary/aromatic N) is 1. The van der Waals surface area contributed by atoms with E-state index < -0.39 is 0 Å². The largest absolute Gasteiger partial charge is 0.338 e. The zero-order chi connectivity index (χ0) is 12.4. The predicted octanol–water partition coefficient (Wildman–Crippen LogP) is 2.32. The highest BCUT2D eigenvalue weighted by molar-refractivity contribution is 5.85. The lowest BCUT2D eigenvalue weighted by atomic mass is 10.1. The van der Waals surface area contributed by atoms with Gasteiger partial charge in [-0.15, -0.1) is 0 Å². The van der Waals surface area contributed by atoms with Gasteiger partial charge < -0.3 is 10.2 Å². The maximum Gasteiger partial charge on any atom is 0.241 e. The highest BCUT2D eigenvalue weighted by atomic mass is 16.2. The first kappa shape index (κ1) is 10.8. The third kappa shape index (κ3) is 1.95. The van der Waals surface area contributed by atoms with Gasteiger partial charge in [-0.2, -0.15) is 0 Å². The molecule has 2 aromatic carbocycles. The highest BCUT2D eigenvalue weighted by Crippen LogP contribution is 2.27. The van der Waals surface area contributed by atoms with Gasteiger partial charge in [-0.05, 0) is 17.7 Å². The average molecular weight is 238 g/mol. The maximum absolute atomic E-state index is 11.7. The summed E-state index contributed by atoms with van der Waals surface area (Å²) >= 11 is 0. The summed E-state index contributed by atoms with van der Waals surface area (Å²) in [6.07, 6.45) is -0.0684. The summed E-state index contributed by atoms with van der Waals surface area (Å²) in [5.74, 6) is 0.0627. The van der Waals surface area contributed by atoms with Crippen LogP contribution in [0.25, 0.3) is 0 Å². The molecule has 90 valence electrons. The Kier molecular flexibility index (Phi) is 2.73. The molecule has 1 aliphatic heterocycles. The molecule has 1 aliphatic rings. The fourth-order valence-electron chi connectivity index (χ4n) is 2.28. The van der Waals surface area contributed by atoms with Gasteiger partial charge in [-0.1, -0.05) is 48.5 Å². The van der Waals surface area contributed by atoms with Crippen LogP contribution in [0.1, 0.15) is 11.7 Å². The van der Waals surface area contributed by atoms with E-state index in [1.165, 1.54) is 0 Å². The molecule has 1 fully saturated rings. The molecule has 1 unspecified atom stereocenters. The molecule has 0 radical (unpaired) electrons. The first-order valence-corrected chi connectivity index (χ1v) is 6.00. The number of para-hydroxylation sites is 1. The lowest BCUT2D eigenvalue weighted by molar-refractivity contribution is -0.118. The Hall–Kier alpha value is -2.29. The zero-order valence-electron chi connectivity index (χ0n) is 9.91. The molecule has 1 N–H and O–H groups in total. The Labute approximate surface area is 106 Å². The van der Waals surface area contributed by atoms with E-state index in [1.54, 1.807) is 0 Å². The second-order valence-electron chi connectivity index (χ2n) is 4.34. The average Bonchev–Trinajstić information content (AvgIpc) is 2.83. The fraction of sp³-hybridized carbons (Fsp3) is 0.133. The lowest BCUT2D eigenvalue weighted by Crippen LogP contribution is -2.27. The number of nitrogens with one attached hydrogen (secondary N) is 1. The Morgan fingerprint density at radius 1 is 0.944 bits per heavy atom. The quantitative estimate of drug-likeness (QED) is 0.870. The van der Waals surface area contributed by atoms with Gasteiger partial charge in [0.1, 0.15) is 6.17 Å². The molecule has 18 heavy (non-hydrogen) atoms. The third-order valence-corrected chi connectivity index (χ3v) is 3.13. The van der Waals surface area contributed by atoms with Crippen LogP contribution in [0.4, 0.5) is 5.69 Å². The summed E-state index contributed by atoms with van der Waals surface area (Å²) < 4.78 is 0. The van der Waals surface area contributed by atoms with E-state index in [4.69, 9.17) is 0 Å². The number of anilines is 1. The topological polar surface area (TPSA) is 32.3 Å². The van der Waals surface area contributed by atoms with Crippen molar-refractivity contribution in [1.29, 1.82) is 0 Å². The van der Waals surface area contributed by atoms with Crippen molar-refractivity contribution < 1.29 is 4.79 Å². The Morgan fingerprint density at radius 3 is 2.22 bits per heavy atom. The number of carbonyl (C=O) groups excluding carboxylic acids is 1. The molecule has 1 saturated heterocycles. The van der Waals surface area contributed by atoms with Crippen LogP contribution in [0, 0.1) is 0 Å². The van der Waals surface area contributed by atoms with E-state index in [1.807, 2.05) is 60.7 Å². The van der Waals surface area contributed by atoms with Gasteiger partial charge >= 0.3 is 0 Å². The van der Waals surface area contributed by atoms with Crippen LogP contribution >= 0.6 is 0 Å². The highest BCUT2D eigenvalue weighted by Gasteiger charge is 2.30. The van der Waals surface area contributed by atoms with Crippen LogP contribution in [0.2, 0.25) is 0 Å². The Balaban J connectivity index is 1.96. The van der Waals surface area contributed by atoms with Crippen molar-refractivity contribution in [2.75, 3.05) is 11.4 Å². The van der Waals surface area contributed by atoms with E-state index in [9.17, 15) is 4.79 Å².